The maximum Gasteiger partial charge on any atom is 0.357 e. The highest BCUT2D eigenvalue weighted by molar-refractivity contribution is 9.10. The Morgan fingerprint density at radius 2 is 2.10 bits per heavy atom. The molecule has 0 spiro atoms. The van der Waals surface area contributed by atoms with E-state index in [4.69, 9.17) is 4.74 Å². The van der Waals surface area contributed by atoms with Crippen LogP contribution in [0.5, 0.6) is 5.75 Å². The number of hydrogen-bond donors (Lipinski definition) is 1. The Hall–Kier alpha value is -1.60. The number of carbonyl (C=O) groups is 1. The van der Waals surface area contributed by atoms with Crippen LogP contribution < -0.4 is 10.1 Å². The van der Waals surface area contributed by atoms with Crippen molar-refractivity contribution >= 4 is 44.1 Å². The SMILES string of the molecule is COC(=O)c1nc(Nc2cc(Br)cc(OC)c2)sc1C. The van der Waals surface area contributed by atoms with Crippen LogP contribution in [0.4, 0.5) is 10.8 Å². The third-order valence-corrected chi connectivity index (χ3v) is 3.88. The summed E-state index contributed by atoms with van der Waals surface area (Å²) in [4.78, 5) is 16.6. The van der Waals surface area contributed by atoms with E-state index in [-0.39, 0.29) is 0 Å². The zero-order valence-electron chi connectivity index (χ0n) is 11.2. The molecule has 0 bridgehead atoms. The molecule has 1 aromatic carbocycles. The quantitative estimate of drug-likeness (QED) is 0.845. The molecular weight excluding hydrogens is 344 g/mol. The Bertz CT molecular complexity index is 643. The minimum absolute atomic E-state index is 0.335. The van der Waals surface area contributed by atoms with E-state index in [1.165, 1.54) is 18.4 Å². The van der Waals surface area contributed by atoms with Crippen LogP contribution in [0.15, 0.2) is 22.7 Å². The van der Waals surface area contributed by atoms with Crippen LogP contribution in [0.3, 0.4) is 0 Å². The molecule has 20 heavy (non-hydrogen) atoms. The Labute approximate surface area is 129 Å². The van der Waals surface area contributed by atoms with Gasteiger partial charge in [-0.2, -0.15) is 0 Å². The van der Waals surface area contributed by atoms with Gasteiger partial charge in [0.2, 0.25) is 0 Å². The lowest BCUT2D eigenvalue weighted by Crippen LogP contribution is -2.03. The Balaban J connectivity index is 2.26. The summed E-state index contributed by atoms with van der Waals surface area (Å²) in [7, 11) is 2.95. The number of rotatable bonds is 4. The second kappa shape index (κ2) is 6.23. The number of benzene rings is 1. The monoisotopic (exact) mass is 356 g/mol. The number of aryl methyl sites for hydroxylation is 1. The van der Waals surface area contributed by atoms with Crippen molar-refractivity contribution < 1.29 is 14.3 Å². The molecule has 0 fully saturated rings. The second-order valence-electron chi connectivity index (χ2n) is 3.92. The van der Waals surface area contributed by atoms with Gasteiger partial charge in [0.25, 0.3) is 0 Å². The van der Waals surface area contributed by atoms with E-state index < -0.39 is 5.97 Å². The first-order chi connectivity index (χ1) is 9.53. The molecule has 1 heterocycles. The average Bonchev–Trinajstić information content (AvgIpc) is 2.77. The summed E-state index contributed by atoms with van der Waals surface area (Å²) in [6.45, 7) is 1.83. The first kappa shape index (κ1) is 14.8. The van der Waals surface area contributed by atoms with Gasteiger partial charge in [0, 0.05) is 21.1 Å². The molecule has 7 heteroatoms. The molecular formula is C13H13BrN2O3S. The van der Waals surface area contributed by atoms with Gasteiger partial charge in [0.05, 0.1) is 14.2 Å². The van der Waals surface area contributed by atoms with E-state index in [1.807, 2.05) is 25.1 Å². The van der Waals surface area contributed by atoms with Gasteiger partial charge in [-0.05, 0) is 19.1 Å². The van der Waals surface area contributed by atoms with E-state index in [0.29, 0.717) is 10.8 Å². The van der Waals surface area contributed by atoms with Crippen molar-refractivity contribution in [3.05, 3.63) is 33.2 Å². The molecule has 1 N–H and O–H groups in total. The van der Waals surface area contributed by atoms with Crippen molar-refractivity contribution in [1.82, 2.24) is 4.98 Å². The molecule has 0 atom stereocenters. The molecule has 0 saturated heterocycles. The van der Waals surface area contributed by atoms with Gasteiger partial charge in [-0.25, -0.2) is 9.78 Å². The van der Waals surface area contributed by atoms with Crippen LogP contribution in [-0.2, 0) is 4.74 Å². The summed E-state index contributed by atoms with van der Waals surface area (Å²) < 4.78 is 10.8. The van der Waals surface area contributed by atoms with E-state index in [1.54, 1.807) is 7.11 Å². The lowest BCUT2D eigenvalue weighted by Gasteiger charge is -2.06. The zero-order chi connectivity index (χ0) is 14.7. The summed E-state index contributed by atoms with van der Waals surface area (Å²) in [5.74, 6) is 0.293. The summed E-state index contributed by atoms with van der Waals surface area (Å²) >= 11 is 4.80. The Morgan fingerprint density at radius 1 is 1.35 bits per heavy atom. The first-order valence-electron chi connectivity index (χ1n) is 5.71. The van der Waals surface area contributed by atoms with Crippen molar-refractivity contribution in [1.29, 1.82) is 0 Å². The predicted molar refractivity (Wildman–Crippen MR) is 82.2 cm³/mol. The molecule has 0 saturated carbocycles. The molecule has 2 aromatic rings. The van der Waals surface area contributed by atoms with Crippen LogP contribution in [0.2, 0.25) is 0 Å². The fourth-order valence-electron chi connectivity index (χ4n) is 1.61. The molecule has 0 aliphatic rings. The number of esters is 1. The van der Waals surface area contributed by atoms with Crippen molar-refractivity contribution in [2.75, 3.05) is 19.5 Å². The molecule has 0 amide bonds. The van der Waals surface area contributed by atoms with E-state index in [2.05, 4.69) is 31.0 Å². The lowest BCUT2D eigenvalue weighted by molar-refractivity contribution is 0.0594. The molecule has 0 radical (unpaired) electrons. The highest BCUT2D eigenvalue weighted by atomic mass is 79.9. The molecule has 2 rings (SSSR count). The average molecular weight is 357 g/mol. The number of halogens is 1. The van der Waals surface area contributed by atoms with Crippen molar-refractivity contribution in [2.45, 2.75) is 6.92 Å². The van der Waals surface area contributed by atoms with Crippen molar-refractivity contribution in [3.8, 4) is 5.75 Å². The predicted octanol–water partition coefficient (Wildman–Crippen LogP) is 3.75. The van der Waals surface area contributed by atoms with Crippen LogP contribution in [-0.4, -0.2) is 25.2 Å². The highest BCUT2D eigenvalue weighted by Crippen LogP contribution is 2.30. The fraction of sp³-hybridized carbons (Fsp3) is 0.231. The lowest BCUT2D eigenvalue weighted by atomic mass is 10.3. The summed E-state index contributed by atoms with van der Waals surface area (Å²) in [5.41, 5.74) is 1.16. The van der Waals surface area contributed by atoms with Gasteiger partial charge in [-0.3, -0.25) is 0 Å². The molecule has 0 unspecified atom stereocenters. The number of anilines is 2. The fourth-order valence-corrected chi connectivity index (χ4v) is 2.91. The van der Waals surface area contributed by atoms with Crippen LogP contribution in [0.25, 0.3) is 0 Å². The Kier molecular flexibility index (Phi) is 4.61. The largest absolute Gasteiger partial charge is 0.497 e. The number of nitrogens with one attached hydrogen (secondary N) is 1. The van der Waals surface area contributed by atoms with Gasteiger partial charge >= 0.3 is 5.97 Å². The molecule has 1 aromatic heterocycles. The minimum atomic E-state index is -0.432. The topological polar surface area (TPSA) is 60.5 Å². The first-order valence-corrected chi connectivity index (χ1v) is 7.31. The van der Waals surface area contributed by atoms with Gasteiger partial charge in [-0.1, -0.05) is 15.9 Å². The Morgan fingerprint density at radius 3 is 2.75 bits per heavy atom. The number of aromatic nitrogens is 1. The maximum absolute atomic E-state index is 11.5. The van der Waals surface area contributed by atoms with E-state index in [0.717, 1.165) is 20.8 Å². The summed E-state index contributed by atoms with van der Waals surface area (Å²) in [6.07, 6.45) is 0. The van der Waals surface area contributed by atoms with Crippen LogP contribution in [0.1, 0.15) is 15.4 Å². The smallest absolute Gasteiger partial charge is 0.357 e. The minimum Gasteiger partial charge on any atom is -0.497 e. The number of nitrogens with zero attached hydrogens (tertiary/aromatic N) is 1. The number of hydrogen-bond acceptors (Lipinski definition) is 6. The van der Waals surface area contributed by atoms with Crippen LogP contribution in [0, 0.1) is 6.92 Å². The van der Waals surface area contributed by atoms with Gasteiger partial charge in [-0.15, -0.1) is 11.3 Å². The van der Waals surface area contributed by atoms with Crippen LogP contribution >= 0.6 is 27.3 Å². The second-order valence-corrected chi connectivity index (χ2v) is 6.04. The third-order valence-electron chi connectivity index (χ3n) is 2.53. The van der Waals surface area contributed by atoms with E-state index in [9.17, 15) is 4.79 Å². The van der Waals surface area contributed by atoms with Gasteiger partial charge in [0.15, 0.2) is 10.8 Å². The van der Waals surface area contributed by atoms with Crippen molar-refractivity contribution in [2.24, 2.45) is 0 Å². The standard InChI is InChI=1S/C13H13BrN2O3S/c1-7-11(12(17)19-3)16-13(20-7)15-9-4-8(14)5-10(6-9)18-2/h4-6H,1-3H3,(H,15,16). The van der Waals surface area contributed by atoms with Gasteiger partial charge in [0.1, 0.15) is 5.75 Å². The molecule has 106 valence electrons. The number of methoxy groups -OCH3 is 2. The normalized spacial score (nSPS) is 10.2. The molecule has 5 nitrogen and oxygen atoms in total. The number of ether oxygens (including phenoxy) is 2. The third kappa shape index (κ3) is 3.29. The molecule has 0 aliphatic heterocycles. The van der Waals surface area contributed by atoms with Crippen molar-refractivity contribution in [3.63, 3.8) is 0 Å². The summed E-state index contributed by atoms with van der Waals surface area (Å²) in [5, 5.41) is 3.78. The van der Waals surface area contributed by atoms with Gasteiger partial charge < -0.3 is 14.8 Å². The maximum atomic E-state index is 11.5. The summed E-state index contributed by atoms with van der Waals surface area (Å²) in [6, 6.07) is 5.61. The molecule has 0 aliphatic carbocycles. The van der Waals surface area contributed by atoms with E-state index >= 15 is 0 Å². The number of carbonyl (C=O) groups excluding carboxylic acids is 1. The number of thiazole rings is 1. The highest BCUT2D eigenvalue weighted by Gasteiger charge is 2.16. The zero-order valence-corrected chi connectivity index (χ0v) is 13.6.